The first-order valence-electron chi connectivity index (χ1n) is 12.6. The number of phenolic OH excluding ortho intramolecular Hbond substituents is 2. The average Bonchev–Trinajstić information content (AvgIpc) is 3.32. The molecule has 38 heavy (non-hydrogen) atoms. The molecule has 3 N–H and O–H groups in total. The number of rotatable bonds is 7. The third-order valence-electron chi connectivity index (χ3n) is 6.83. The quantitative estimate of drug-likeness (QED) is 0.316. The van der Waals surface area contributed by atoms with E-state index < -0.39 is 29.4 Å². The molecule has 196 valence electrons. The maximum absolute atomic E-state index is 14.4. The Morgan fingerprint density at radius 3 is 2.55 bits per heavy atom. The van der Waals surface area contributed by atoms with Crippen LogP contribution in [0.15, 0.2) is 66.7 Å². The zero-order chi connectivity index (χ0) is 26.6. The largest absolute Gasteiger partial charge is 0.504 e. The second-order valence-corrected chi connectivity index (χ2v) is 9.47. The lowest BCUT2D eigenvalue weighted by Crippen LogP contribution is -2.48. The molecule has 1 aromatic heterocycles. The molecule has 5 rings (SSSR count). The lowest BCUT2D eigenvalue weighted by molar-refractivity contribution is -0.127. The number of aromatic hydroxyl groups is 2. The van der Waals surface area contributed by atoms with Crippen molar-refractivity contribution in [2.24, 2.45) is 0 Å². The van der Waals surface area contributed by atoms with Gasteiger partial charge in [-0.3, -0.25) is 14.5 Å². The van der Waals surface area contributed by atoms with E-state index in [2.05, 4.69) is 15.6 Å². The minimum atomic E-state index is -1.26. The number of anilines is 1. The summed E-state index contributed by atoms with van der Waals surface area (Å²) in [7, 11) is 0. The van der Waals surface area contributed by atoms with Crippen molar-refractivity contribution in [1.82, 2.24) is 20.3 Å². The molecule has 4 aromatic rings. The standard InChI is InChI=1S/C28H28FN5O4/c29-19-7-6-10-21(16-19)34(26(37)17-33-23-12-5-4-11-22(23)31-32-33)27(18-13-14-24(35)25(36)15-18)28(38)30-20-8-2-1-3-9-20/h4-7,10-16,20,27,35-36H,1-3,8-9,17H2,(H,30,38)/t27-/m0/s1. The first-order chi connectivity index (χ1) is 18.4. The predicted molar refractivity (Wildman–Crippen MR) is 139 cm³/mol. The molecule has 0 bridgehead atoms. The molecule has 0 spiro atoms. The molecule has 1 atom stereocenters. The van der Waals surface area contributed by atoms with Gasteiger partial charge in [-0.15, -0.1) is 5.10 Å². The van der Waals surface area contributed by atoms with E-state index >= 15 is 0 Å². The second kappa shape index (κ2) is 10.9. The maximum Gasteiger partial charge on any atom is 0.249 e. The van der Waals surface area contributed by atoms with Gasteiger partial charge in [-0.1, -0.05) is 48.7 Å². The Morgan fingerprint density at radius 2 is 1.79 bits per heavy atom. The van der Waals surface area contributed by atoms with Gasteiger partial charge in [-0.05, 0) is 60.9 Å². The molecular weight excluding hydrogens is 489 g/mol. The topological polar surface area (TPSA) is 121 Å². The van der Waals surface area contributed by atoms with Crippen molar-refractivity contribution in [3.63, 3.8) is 0 Å². The van der Waals surface area contributed by atoms with Crippen LogP contribution in [0.5, 0.6) is 11.5 Å². The number of amides is 2. The van der Waals surface area contributed by atoms with Crippen LogP contribution in [0.2, 0.25) is 0 Å². The highest BCUT2D eigenvalue weighted by molar-refractivity contribution is 6.01. The van der Waals surface area contributed by atoms with Gasteiger partial charge in [0, 0.05) is 11.7 Å². The van der Waals surface area contributed by atoms with Crippen LogP contribution in [0.25, 0.3) is 11.0 Å². The molecule has 9 nitrogen and oxygen atoms in total. The number of phenols is 2. The molecule has 3 aromatic carbocycles. The summed E-state index contributed by atoms with van der Waals surface area (Å²) < 4.78 is 15.8. The molecule has 1 aliphatic rings. The van der Waals surface area contributed by atoms with Gasteiger partial charge in [0.1, 0.15) is 23.9 Å². The Hall–Kier alpha value is -4.47. The lowest BCUT2D eigenvalue weighted by atomic mass is 9.94. The Kier molecular flexibility index (Phi) is 7.21. The highest BCUT2D eigenvalue weighted by Gasteiger charge is 2.35. The molecule has 1 heterocycles. The van der Waals surface area contributed by atoms with Crippen LogP contribution in [-0.4, -0.2) is 43.1 Å². The van der Waals surface area contributed by atoms with E-state index in [4.69, 9.17) is 0 Å². The molecule has 0 unspecified atom stereocenters. The van der Waals surface area contributed by atoms with Crippen LogP contribution >= 0.6 is 0 Å². The molecule has 10 heteroatoms. The highest BCUT2D eigenvalue weighted by Crippen LogP contribution is 2.34. The number of nitrogens with zero attached hydrogens (tertiary/aromatic N) is 4. The van der Waals surface area contributed by atoms with Gasteiger partial charge < -0.3 is 15.5 Å². The smallest absolute Gasteiger partial charge is 0.249 e. The SMILES string of the molecule is O=C(NC1CCCCC1)[C@H](c1ccc(O)c(O)c1)N(C(=O)Cn1nnc2ccccc21)c1cccc(F)c1. The summed E-state index contributed by atoms with van der Waals surface area (Å²) in [6.45, 7) is -0.270. The van der Waals surface area contributed by atoms with Crippen molar-refractivity contribution in [1.29, 1.82) is 0 Å². The van der Waals surface area contributed by atoms with Crippen LogP contribution in [0.3, 0.4) is 0 Å². The lowest BCUT2D eigenvalue weighted by Gasteiger charge is -2.33. The highest BCUT2D eigenvalue weighted by atomic mass is 19.1. The van der Waals surface area contributed by atoms with Gasteiger partial charge in [0.25, 0.3) is 0 Å². The summed E-state index contributed by atoms with van der Waals surface area (Å²) in [6.07, 6.45) is 4.71. The van der Waals surface area contributed by atoms with Crippen LogP contribution < -0.4 is 10.2 Å². The monoisotopic (exact) mass is 517 g/mol. The summed E-state index contributed by atoms with van der Waals surface area (Å²) in [4.78, 5) is 29.0. The zero-order valence-corrected chi connectivity index (χ0v) is 20.6. The van der Waals surface area contributed by atoms with E-state index in [1.54, 1.807) is 24.3 Å². The molecule has 1 fully saturated rings. The normalized spacial score (nSPS) is 14.8. The third kappa shape index (κ3) is 5.29. The van der Waals surface area contributed by atoms with Crippen molar-refractivity contribution in [3.8, 4) is 11.5 Å². The van der Waals surface area contributed by atoms with Gasteiger partial charge in [0.05, 0.1) is 5.52 Å². The van der Waals surface area contributed by atoms with Gasteiger partial charge in [-0.2, -0.15) is 0 Å². The number of hydrogen-bond donors (Lipinski definition) is 3. The van der Waals surface area contributed by atoms with Crippen molar-refractivity contribution in [2.75, 3.05) is 4.90 Å². The summed E-state index contributed by atoms with van der Waals surface area (Å²) >= 11 is 0. The fraction of sp³-hybridized carbons (Fsp3) is 0.286. The van der Waals surface area contributed by atoms with Gasteiger partial charge in [0.2, 0.25) is 11.8 Å². The molecule has 1 aliphatic carbocycles. The molecular formula is C28H28FN5O4. The molecule has 2 amide bonds. The zero-order valence-electron chi connectivity index (χ0n) is 20.6. The second-order valence-electron chi connectivity index (χ2n) is 9.47. The summed E-state index contributed by atoms with van der Waals surface area (Å²) in [6, 6.07) is 15.2. The number of carbonyl (C=O) groups is 2. The maximum atomic E-state index is 14.4. The van der Waals surface area contributed by atoms with Gasteiger partial charge in [0.15, 0.2) is 11.5 Å². The number of halogens is 1. The minimum absolute atomic E-state index is 0.0619. The van der Waals surface area contributed by atoms with Crippen LogP contribution in [0.4, 0.5) is 10.1 Å². The molecule has 0 saturated heterocycles. The predicted octanol–water partition coefficient (Wildman–Crippen LogP) is 4.21. The number of hydrogen-bond acceptors (Lipinski definition) is 6. The first-order valence-corrected chi connectivity index (χ1v) is 12.6. The number of nitrogens with one attached hydrogen (secondary N) is 1. The minimum Gasteiger partial charge on any atom is -0.504 e. The number of carbonyl (C=O) groups excluding carboxylic acids is 2. The molecule has 1 saturated carbocycles. The Morgan fingerprint density at radius 1 is 1.00 bits per heavy atom. The number of benzene rings is 3. The fourth-order valence-corrected chi connectivity index (χ4v) is 4.96. The Labute approximate surface area is 218 Å². The number of aromatic nitrogens is 3. The van der Waals surface area contributed by atoms with E-state index in [-0.39, 0.29) is 29.6 Å². The molecule has 0 radical (unpaired) electrons. The van der Waals surface area contributed by atoms with Crippen LogP contribution in [0.1, 0.15) is 43.7 Å². The van der Waals surface area contributed by atoms with Crippen molar-refractivity contribution in [2.45, 2.75) is 50.7 Å². The van der Waals surface area contributed by atoms with E-state index in [0.717, 1.165) is 32.1 Å². The summed E-state index contributed by atoms with van der Waals surface area (Å²) in [5.41, 5.74) is 1.66. The Balaban J connectivity index is 1.58. The van der Waals surface area contributed by atoms with Crippen LogP contribution in [0, 0.1) is 5.82 Å². The summed E-state index contributed by atoms with van der Waals surface area (Å²) in [5.74, 6) is -2.39. The van der Waals surface area contributed by atoms with Gasteiger partial charge >= 0.3 is 0 Å². The van der Waals surface area contributed by atoms with E-state index in [0.29, 0.717) is 11.0 Å². The number of para-hydroxylation sites is 1. The third-order valence-corrected chi connectivity index (χ3v) is 6.83. The van der Waals surface area contributed by atoms with E-state index in [9.17, 15) is 24.2 Å². The first kappa shape index (κ1) is 25.2. The van der Waals surface area contributed by atoms with Gasteiger partial charge in [-0.25, -0.2) is 9.07 Å². The fourth-order valence-electron chi connectivity index (χ4n) is 4.96. The average molecular weight is 518 g/mol. The number of fused-ring (bicyclic) bond motifs is 1. The Bertz CT molecular complexity index is 1470. The van der Waals surface area contributed by atoms with Crippen molar-refractivity contribution < 1.29 is 24.2 Å². The van der Waals surface area contributed by atoms with Crippen LogP contribution in [-0.2, 0) is 16.1 Å². The van der Waals surface area contributed by atoms with E-state index in [1.807, 2.05) is 6.07 Å². The molecule has 0 aliphatic heterocycles. The van der Waals surface area contributed by atoms with Crippen molar-refractivity contribution in [3.05, 3.63) is 78.1 Å². The van der Waals surface area contributed by atoms with E-state index in [1.165, 1.54) is 46.0 Å². The van der Waals surface area contributed by atoms with Crippen molar-refractivity contribution >= 4 is 28.5 Å². The summed E-state index contributed by atoms with van der Waals surface area (Å²) in [5, 5.41) is 31.4.